The van der Waals surface area contributed by atoms with E-state index in [1.807, 2.05) is 26.0 Å². The third kappa shape index (κ3) is 2.50. The van der Waals surface area contributed by atoms with Crippen molar-refractivity contribution in [2.75, 3.05) is 19.8 Å². The normalized spacial score (nSPS) is 13.3. The fourth-order valence-corrected chi connectivity index (χ4v) is 2.99. The van der Waals surface area contributed by atoms with Crippen molar-refractivity contribution in [2.45, 2.75) is 13.8 Å². The van der Waals surface area contributed by atoms with Crippen LogP contribution in [0.2, 0.25) is 0 Å². The molecule has 0 aromatic heterocycles. The van der Waals surface area contributed by atoms with Crippen LogP contribution in [0.1, 0.15) is 34.6 Å². The molecule has 6 heteroatoms. The first-order chi connectivity index (χ1) is 11.6. The van der Waals surface area contributed by atoms with Gasteiger partial charge in [0.15, 0.2) is 0 Å². The fourth-order valence-electron chi connectivity index (χ4n) is 2.99. The summed E-state index contributed by atoms with van der Waals surface area (Å²) in [6, 6.07) is 10.5. The molecule has 0 radical (unpaired) electrons. The van der Waals surface area contributed by atoms with Crippen LogP contribution in [0, 0.1) is 0 Å². The number of nitrogens with one attached hydrogen (secondary N) is 1. The highest BCUT2D eigenvalue weighted by atomic mass is 16.2. The first kappa shape index (κ1) is 16.0. The summed E-state index contributed by atoms with van der Waals surface area (Å²) >= 11 is 0. The molecule has 0 spiro atoms. The zero-order chi connectivity index (χ0) is 17.3. The van der Waals surface area contributed by atoms with E-state index in [1.165, 1.54) is 0 Å². The molecular weight excluding hydrogens is 306 g/mol. The summed E-state index contributed by atoms with van der Waals surface area (Å²) in [6.45, 7) is 4.73. The summed E-state index contributed by atoms with van der Waals surface area (Å²) in [5.41, 5.74) is 0.972. The van der Waals surface area contributed by atoms with E-state index in [2.05, 4.69) is 5.32 Å². The predicted molar refractivity (Wildman–Crippen MR) is 90.8 cm³/mol. The molecule has 0 aliphatic carbocycles. The van der Waals surface area contributed by atoms with Crippen LogP contribution in [0.5, 0.6) is 0 Å². The monoisotopic (exact) mass is 325 g/mol. The minimum Gasteiger partial charge on any atom is -0.325 e. The average molecular weight is 325 g/mol. The highest BCUT2D eigenvalue weighted by molar-refractivity contribution is 6.25. The molecule has 1 heterocycles. The van der Waals surface area contributed by atoms with E-state index in [4.69, 9.17) is 0 Å². The molecule has 24 heavy (non-hydrogen) atoms. The molecule has 0 atom stereocenters. The Morgan fingerprint density at radius 3 is 2.04 bits per heavy atom. The zero-order valence-corrected chi connectivity index (χ0v) is 13.7. The summed E-state index contributed by atoms with van der Waals surface area (Å²) in [5.74, 6) is -0.770. The lowest BCUT2D eigenvalue weighted by Gasteiger charge is -2.28. The van der Waals surface area contributed by atoms with Crippen molar-refractivity contribution in [1.29, 1.82) is 0 Å². The summed E-state index contributed by atoms with van der Waals surface area (Å²) in [7, 11) is 0. The summed E-state index contributed by atoms with van der Waals surface area (Å²) in [5, 5.41) is 4.19. The number of urea groups is 1. The van der Waals surface area contributed by atoms with Crippen LogP contribution in [0.15, 0.2) is 36.4 Å². The molecule has 2 aromatic rings. The van der Waals surface area contributed by atoms with Gasteiger partial charge in [-0.3, -0.25) is 14.5 Å². The van der Waals surface area contributed by atoms with Crippen molar-refractivity contribution in [1.82, 2.24) is 15.1 Å². The second kappa shape index (κ2) is 6.31. The first-order valence-electron chi connectivity index (χ1n) is 7.99. The lowest BCUT2D eigenvalue weighted by atomic mass is 9.94. The number of nitrogens with zero attached hydrogens (tertiary/aromatic N) is 2. The van der Waals surface area contributed by atoms with E-state index < -0.39 is 0 Å². The number of hydrogen-bond acceptors (Lipinski definition) is 3. The molecule has 4 amide bonds. The van der Waals surface area contributed by atoms with Crippen LogP contribution in [0.3, 0.4) is 0 Å². The number of rotatable bonds is 4. The second-order valence-corrected chi connectivity index (χ2v) is 5.56. The van der Waals surface area contributed by atoms with Crippen molar-refractivity contribution in [2.24, 2.45) is 0 Å². The summed E-state index contributed by atoms with van der Waals surface area (Å²) < 4.78 is 0. The number of carbonyl (C=O) groups excluding carboxylic acids is 3. The Balaban J connectivity index is 1.89. The molecule has 0 saturated heterocycles. The maximum absolute atomic E-state index is 12.7. The van der Waals surface area contributed by atoms with Gasteiger partial charge in [-0.15, -0.1) is 0 Å². The first-order valence-corrected chi connectivity index (χ1v) is 7.99. The minimum atomic E-state index is -0.385. The van der Waals surface area contributed by atoms with E-state index in [0.717, 1.165) is 10.3 Å². The van der Waals surface area contributed by atoms with Gasteiger partial charge in [0.25, 0.3) is 11.8 Å². The SMILES string of the molecule is CCN(CC)C(=O)NCN1C(=O)c2cccc3cccc(c23)C1=O. The molecule has 6 nitrogen and oxygen atoms in total. The molecular formula is C18H19N3O3. The molecule has 0 bridgehead atoms. The van der Waals surface area contributed by atoms with Gasteiger partial charge in [0.2, 0.25) is 0 Å². The smallest absolute Gasteiger partial charge is 0.318 e. The van der Waals surface area contributed by atoms with Crippen LogP contribution in [-0.4, -0.2) is 47.4 Å². The van der Waals surface area contributed by atoms with Crippen LogP contribution >= 0.6 is 0 Å². The van der Waals surface area contributed by atoms with Gasteiger partial charge in [0.05, 0.1) is 0 Å². The van der Waals surface area contributed by atoms with Crippen molar-refractivity contribution in [3.8, 4) is 0 Å². The predicted octanol–water partition coefficient (Wildman–Crippen LogP) is 2.44. The Morgan fingerprint density at radius 1 is 1.00 bits per heavy atom. The molecule has 2 aromatic carbocycles. The van der Waals surface area contributed by atoms with E-state index in [-0.39, 0.29) is 24.5 Å². The number of imide groups is 1. The number of benzene rings is 2. The van der Waals surface area contributed by atoms with Gasteiger partial charge in [0.1, 0.15) is 6.67 Å². The molecule has 1 aliphatic heterocycles. The Labute approximate surface area is 140 Å². The van der Waals surface area contributed by atoms with E-state index in [9.17, 15) is 14.4 Å². The Hall–Kier alpha value is -2.89. The summed E-state index contributed by atoms with van der Waals surface area (Å²) in [6.07, 6.45) is 0. The van der Waals surface area contributed by atoms with E-state index >= 15 is 0 Å². The van der Waals surface area contributed by atoms with Crippen molar-refractivity contribution in [3.05, 3.63) is 47.5 Å². The maximum atomic E-state index is 12.7. The second-order valence-electron chi connectivity index (χ2n) is 5.56. The van der Waals surface area contributed by atoms with Gasteiger partial charge in [0, 0.05) is 29.6 Å². The molecule has 124 valence electrons. The third-order valence-electron chi connectivity index (χ3n) is 4.29. The van der Waals surface area contributed by atoms with Gasteiger partial charge >= 0.3 is 6.03 Å². The molecule has 1 aliphatic rings. The highest BCUT2D eigenvalue weighted by Gasteiger charge is 2.32. The highest BCUT2D eigenvalue weighted by Crippen LogP contribution is 2.29. The van der Waals surface area contributed by atoms with Crippen LogP contribution < -0.4 is 5.32 Å². The maximum Gasteiger partial charge on any atom is 0.318 e. The van der Waals surface area contributed by atoms with Crippen molar-refractivity contribution < 1.29 is 14.4 Å². The number of amides is 4. The van der Waals surface area contributed by atoms with Gasteiger partial charge in [-0.25, -0.2) is 4.79 Å². The third-order valence-corrected chi connectivity index (χ3v) is 4.29. The van der Waals surface area contributed by atoms with Crippen LogP contribution in [0.25, 0.3) is 10.8 Å². The Bertz CT molecular complexity index is 777. The number of hydrogen-bond donors (Lipinski definition) is 1. The van der Waals surface area contributed by atoms with Crippen molar-refractivity contribution in [3.63, 3.8) is 0 Å². The zero-order valence-electron chi connectivity index (χ0n) is 13.7. The topological polar surface area (TPSA) is 69.7 Å². The van der Waals surface area contributed by atoms with Crippen LogP contribution in [-0.2, 0) is 0 Å². The van der Waals surface area contributed by atoms with Gasteiger partial charge in [-0.1, -0.05) is 24.3 Å². The Kier molecular flexibility index (Phi) is 4.20. The van der Waals surface area contributed by atoms with Crippen molar-refractivity contribution >= 4 is 28.6 Å². The molecule has 0 saturated carbocycles. The van der Waals surface area contributed by atoms with Gasteiger partial charge < -0.3 is 10.2 Å². The fraction of sp³-hybridized carbons (Fsp3) is 0.278. The minimum absolute atomic E-state index is 0.141. The standard InChI is InChI=1S/C18H19N3O3/c1-3-20(4-2)18(24)19-11-21-16(22)13-9-5-7-12-8-6-10-14(15(12)13)17(21)23/h5-10H,3-4,11H2,1-2H3,(H,19,24). The molecule has 1 N–H and O–H groups in total. The summed E-state index contributed by atoms with van der Waals surface area (Å²) in [4.78, 5) is 40.1. The van der Waals surface area contributed by atoms with Gasteiger partial charge in [-0.05, 0) is 31.4 Å². The molecule has 3 rings (SSSR count). The average Bonchev–Trinajstić information content (AvgIpc) is 2.60. The molecule has 0 fully saturated rings. The molecule has 0 unspecified atom stereocenters. The lowest BCUT2D eigenvalue weighted by molar-refractivity contribution is 0.0601. The van der Waals surface area contributed by atoms with E-state index in [1.54, 1.807) is 29.2 Å². The Morgan fingerprint density at radius 2 is 1.54 bits per heavy atom. The quantitative estimate of drug-likeness (QED) is 0.878. The van der Waals surface area contributed by atoms with Gasteiger partial charge in [-0.2, -0.15) is 0 Å². The largest absolute Gasteiger partial charge is 0.325 e. The van der Waals surface area contributed by atoms with E-state index in [0.29, 0.717) is 29.6 Å². The number of carbonyl (C=O) groups is 3. The van der Waals surface area contributed by atoms with Crippen LogP contribution in [0.4, 0.5) is 4.79 Å². The lowest BCUT2D eigenvalue weighted by Crippen LogP contribution is -2.50.